The van der Waals surface area contributed by atoms with Gasteiger partial charge in [0.1, 0.15) is 0 Å². The summed E-state index contributed by atoms with van der Waals surface area (Å²) < 4.78 is 58.2. The lowest BCUT2D eigenvalue weighted by atomic mass is 10.3. The molecule has 0 rings (SSSR count). The number of nitrogens with zero attached hydrogens (tertiary/aromatic N) is 1. The third kappa shape index (κ3) is 4.47. The summed E-state index contributed by atoms with van der Waals surface area (Å²) in [5, 5.41) is 0. The van der Waals surface area contributed by atoms with Crippen LogP contribution in [-0.4, -0.2) is 20.5 Å². The number of unbranched alkanes of at least 4 members (excludes halogenated alkanes) is 2. The number of hydrogen-bond acceptors (Lipinski definition) is 2. The molecule has 0 aromatic rings. The summed E-state index contributed by atoms with van der Waals surface area (Å²) in [7, 11) is -5.25. The maximum atomic E-state index is 11.7. The lowest BCUT2D eigenvalue weighted by molar-refractivity contribution is -0.0427. The van der Waals surface area contributed by atoms with Gasteiger partial charge < -0.3 is 4.72 Å². The molecule has 0 bridgehead atoms. The first-order valence-corrected chi connectivity index (χ1v) is 5.25. The van der Waals surface area contributed by atoms with E-state index in [4.69, 9.17) is 0 Å². The van der Waals surface area contributed by atoms with Gasteiger partial charge in [-0.25, -0.2) is 8.42 Å². The Morgan fingerprint density at radius 2 is 1.77 bits per heavy atom. The molecule has 0 saturated carbocycles. The predicted molar refractivity (Wildman–Crippen MR) is 42.7 cm³/mol. The summed E-state index contributed by atoms with van der Waals surface area (Å²) in [6.07, 6.45) is 1.85. The highest BCUT2D eigenvalue weighted by Gasteiger charge is 2.38. The van der Waals surface area contributed by atoms with Crippen LogP contribution in [0.1, 0.15) is 26.2 Å². The number of sulfonamides is 1. The van der Waals surface area contributed by atoms with Gasteiger partial charge in [0.05, 0.1) is 0 Å². The second-order valence-electron chi connectivity index (χ2n) is 2.48. The van der Waals surface area contributed by atoms with Crippen LogP contribution in [0.2, 0.25) is 0 Å². The Morgan fingerprint density at radius 3 is 2.15 bits per heavy atom. The lowest BCUT2D eigenvalue weighted by Gasteiger charge is -2.21. The molecule has 0 atom stereocenters. The van der Waals surface area contributed by atoms with Gasteiger partial charge >= 0.3 is 5.51 Å². The molecular weight excluding hydrogens is 207 g/mol. The maximum Gasteiger partial charge on any atom is 0.480 e. The molecule has 0 aliphatic carbocycles. The topological polar surface area (TPSA) is 48.2 Å². The fraction of sp³-hybridized carbons (Fsp3) is 1.00. The van der Waals surface area contributed by atoms with Crippen LogP contribution < -0.4 is 0 Å². The highest BCUT2D eigenvalue weighted by Crippen LogP contribution is 2.27. The summed E-state index contributed by atoms with van der Waals surface area (Å²) in [6.45, 7) is 1.58. The number of rotatable bonds is 5. The predicted octanol–water partition coefficient (Wildman–Crippen LogP) is 2.40. The highest BCUT2D eigenvalue weighted by atomic mass is 32.2. The average molecular weight is 218 g/mol. The van der Waals surface area contributed by atoms with E-state index in [9.17, 15) is 21.6 Å². The van der Waals surface area contributed by atoms with Crippen LogP contribution in [-0.2, 0) is 10.0 Å². The number of alkyl halides is 3. The van der Waals surface area contributed by atoms with Crippen LogP contribution >= 0.6 is 0 Å². The van der Waals surface area contributed by atoms with Crippen LogP contribution in [0.4, 0.5) is 13.2 Å². The van der Waals surface area contributed by atoms with E-state index in [1.165, 1.54) is 0 Å². The van der Waals surface area contributed by atoms with Crippen LogP contribution in [0.25, 0.3) is 4.72 Å². The first kappa shape index (κ1) is 12.7. The molecule has 0 amide bonds. The first-order chi connectivity index (χ1) is 5.81. The monoisotopic (exact) mass is 218 g/mol. The summed E-state index contributed by atoms with van der Waals surface area (Å²) in [5.74, 6) is 0. The van der Waals surface area contributed by atoms with Crippen molar-refractivity contribution >= 4 is 10.0 Å². The van der Waals surface area contributed by atoms with Gasteiger partial charge in [0, 0.05) is 0 Å². The molecule has 0 N–H and O–H groups in total. The van der Waals surface area contributed by atoms with Gasteiger partial charge in [-0.2, -0.15) is 13.2 Å². The van der Waals surface area contributed by atoms with Gasteiger partial charge in [0.15, 0.2) is 10.0 Å². The molecule has 7 heteroatoms. The highest BCUT2D eigenvalue weighted by molar-refractivity contribution is 7.94. The minimum absolute atomic E-state index is 0.282. The van der Waals surface area contributed by atoms with E-state index >= 15 is 0 Å². The van der Waals surface area contributed by atoms with Crippen molar-refractivity contribution in [2.75, 3.05) is 6.54 Å². The fourth-order valence-corrected chi connectivity index (χ4v) is 1.14. The molecule has 0 aromatic carbocycles. The minimum atomic E-state index is -5.25. The Kier molecular flexibility index (Phi) is 4.69. The molecule has 0 heterocycles. The lowest BCUT2D eigenvalue weighted by Crippen LogP contribution is -2.22. The normalized spacial score (nSPS) is 13.2. The third-order valence-corrected chi connectivity index (χ3v) is 2.42. The molecule has 80 valence electrons. The van der Waals surface area contributed by atoms with Crippen molar-refractivity contribution < 1.29 is 21.6 Å². The molecule has 0 saturated heterocycles. The molecule has 0 aromatic heterocycles. The van der Waals surface area contributed by atoms with Crippen LogP contribution in [0.3, 0.4) is 0 Å². The Balaban J connectivity index is 3.92. The molecular formula is C6H11F3NO2S-. The van der Waals surface area contributed by atoms with Crippen molar-refractivity contribution in [1.29, 1.82) is 0 Å². The number of hydrogen-bond donors (Lipinski definition) is 0. The maximum absolute atomic E-state index is 11.7. The van der Waals surface area contributed by atoms with Crippen molar-refractivity contribution in [1.82, 2.24) is 0 Å². The minimum Gasteiger partial charge on any atom is -0.541 e. The Morgan fingerprint density at radius 1 is 1.23 bits per heavy atom. The van der Waals surface area contributed by atoms with Gasteiger partial charge in [0.25, 0.3) is 0 Å². The molecule has 0 aliphatic rings. The smallest absolute Gasteiger partial charge is 0.480 e. The first-order valence-electron chi connectivity index (χ1n) is 3.81. The van der Waals surface area contributed by atoms with Crippen molar-refractivity contribution in [3.8, 4) is 0 Å². The van der Waals surface area contributed by atoms with Gasteiger partial charge in [0.2, 0.25) is 0 Å². The van der Waals surface area contributed by atoms with Crippen molar-refractivity contribution in [3.63, 3.8) is 0 Å². The second kappa shape index (κ2) is 4.80. The van der Waals surface area contributed by atoms with Crippen LogP contribution in [0.5, 0.6) is 0 Å². The second-order valence-corrected chi connectivity index (χ2v) is 4.15. The Labute approximate surface area is 75.4 Å². The van der Waals surface area contributed by atoms with E-state index in [0.717, 1.165) is 6.42 Å². The Bertz CT molecular complexity index is 235. The van der Waals surface area contributed by atoms with E-state index in [0.29, 0.717) is 12.8 Å². The van der Waals surface area contributed by atoms with Gasteiger partial charge in [-0.1, -0.05) is 26.2 Å². The van der Waals surface area contributed by atoms with E-state index in [1.807, 2.05) is 6.92 Å². The molecule has 0 aliphatic heterocycles. The molecule has 0 spiro atoms. The third-order valence-electron chi connectivity index (χ3n) is 1.32. The standard InChI is InChI=1S/C6H11F3NO2S/c1-2-3-4-5-10-13(11,12)6(7,8)9/h2-5H2,1H3/q-1. The zero-order valence-electron chi connectivity index (χ0n) is 7.13. The quantitative estimate of drug-likeness (QED) is 0.665. The molecule has 0 fully saturated rings. The van der Waals surface area contributed by atoms with Gasteiger partial charge in [-0.3, -0.25) is 0 Å². The largest absolute Gasteiger partial charge is 0.541 e. The zero-order valence-corrected chi connectivity index (χ0v) is 7.95. The van der Waals surface area contributed by atoms with Crippen LogP contribution in [0.15, 0.2) is 0 Å². The van der Waals surface area contributed by atoms with Gasteiger partial charge in [-0.15, -0.1) is 6.54 Å². The molecule has 0 radical (unpaired) electrons. The fourth-order valence-electron chi connectivity index (χ4n) is 0.620. The van der Waals surface area contributed by atoms with Gasteiger partial charge in [-0.05, 0) is 0 Å². The number of halogens is 3. The van der Waals surface area contributed by atoms with Crippen molar-refractivity contribution in [3.05, 3.63) is 4.72 Å². The summed E-state index contributed by atoms with van der Waals surface area (Å²) in [6, 6.07) is 0. The summed E-state index contributed by atoms with van der Waals surface area (Å²) in [4.78, 5) is 0. The van der Waals surface area contributed by atoms with E-state index in [-0.39, 0.29) is 6.54 Å². The summed E-state index contributed by atoms with van der Waals surface area (Å²) >= 11 is 0. The molecule has 3 nitrogen and oxygen atoms in total. The zero-order chi connectivity index (χ0) is 10.5. The average Bonchev–Trinajstić information content (AvgIpc) is 1.96. The SMILES string of the molecule is CCCCC[N-]S(=O)(=O)C(F)(F)F. The van der Waals surface area contributed by atoms with E-state index in [2.05, 4.69) is 4.72 Å². The molecule has 0 unspecified atom stereocenters. The summed E-state index contributed by atoms with van der Waals surface area (Å²) in [5.41, 5.74) is -5.25. The van der Waals surface area contributed by atoms with E-state index < -0.39 is 15.5 Å². The Hall–Kier alpha value is -0.300. The van der Waals surface area contributed by atoms with Crippen molar-refractivity contribution in [2.24, 2.45) is 0 Å². The van der Waals surface area contributed by atoms with Crippen LogP contribution in [0, 0.1) is 0 Å². The van der Waals surface area contributed by atoms with Crippen molar-refractivity contribution in [2.45, 2.75) is 31.7 Å². The molecule has 13 heavy (non-hydrogen) atoms. The van der Waals surface area contributed by atoms with E-state index in [1.54, 1.807) is 0 Å².